The summed E-state index contributed by atoms with van der Waals surface area (Å²) < 4.78 is 5.17. The van der Waals surface area contributed by atoms with Crippen LogP contribution in [0.25, 0.3) is 0 Å². The summed E-state index contributed by atoms with van der Waals surface area (Å²) in [6.07, 6.45) is 2.66. The minimum Gasteiger partial charge on any atom is -0.481 e. The first-order valence-electron chi connectivity index (χ1n) is 7.73. The number of ether oxygens (including phenoxy) is 1. The number of carbonyl (C=O) groups is 2. The lowest BCUT2D eigenvalue weighted by atomic mass is 9.82. The second-order valence-electron chi connectivity index (χ2n) is 6.00. The number of alkyl carbamates (subject to hydrolysis) is 1. The largest absolute Gasteiger partial charge is 0.481 e. The average Bonchev–Trinajstić information content (AvgIpc) is 2.52. The first-order valence-corrected chi connectivity index (χ1v) is 7.73. The van der Waals surface area contributed by atoms with Crippen molar-refractivity contribution < 1.29 is 19.4 Å². The fourth-order valence-electron chi connectivity index (χ4n) is 2.73. The standard InChI is InChI=1S/C17H23NO4/c1-12-2-4-14(5-3-12)11-22-17(21)18-10-13-6-8-15(9-7-13)16(19)20/h2-5,13,15H,6-11H2,1H3,(H,18,21)(H,19,20)/t13-,15-. The Kier molecular flexibility index (Phi) is 5.81. The molecule has 1 aliphatic carbocycles. The summed E-state index contributed by atoms with van der Waals surface area (Å²) in [4.78, 5) is 22.5. The Hall–Kier alpha value is -2.04. The van der Waals surface area contributed by atoms with Gasteiger partial charge in [0.1, 0.15) is 6.61 Å². The molecule has 5 nitrogen and oxygen atoms in total. The van der Waals surface area contributed by atoms with E-state index < -0.39 is 12.1 Å². The zero-order valence-corrected chi connectivity index (χ0v) is 12.9. The number of rotatable bonds is 5. The average molecular weight is 305 g/mol. The molecule has 120 valence electrons. The molecule has 2 rings (SSSR count). The van der Waals surface area contributed by atoms with E-state index in [0.29, 0.717) is 25.3 Å². The van der Waals surface area contributed by atoms with Gasteiger partial charge in [0.2, 0.25) is 0 Å². The monoisotopic (exact) mass is 305 g/mol. The van der Waals surface area contributed by atoms with Crippen molar-refractivity contribution in [1.29, 1.82) is 0 Å². The molecule has 0 atom stereocenters. The highest BCUT2D eigenvalue weighted by Crippen LogP contribution is 2.28. The number of aryl methyl sites for hydroxylation is 1. The molecule has 0 radical (unpaired) electrons. The van der Waals surface area contributed by atoms with Gasteiger partial charge >= 0.3 is 12.1 Å². The van der Waals surface area contributed by atoms with Crippen molar-refractivity contribution in [3.8, 4) is 0 Å². The topological polar surface area (TPSA) is 75.6 Å². The molecule has 0 aromatic heterocycles. The molecule has 2 N–H and O–H groups in total. The summed E-state index contributed by atoms with van der Waals surface area (Å²) >= 11 is 0. The quantitative estimate of drug-likeness (QED) is 0.876. The highest BCUT2D eigenvalue weighted by Gasteiger charge is 2.26. The molecule has 0 aliphatic heterocycles. The van der Waals surface area contributed by atoms with Crippen molar-refractivity contribution in [2.24, 2.45) is 11.8 Å². The Balaban J connectivity index is 1.64. The Morgan fingerprint density at radius 2 is 1.82 bits per heavy atom. The van der Waals surface area contributed by atoms with Crippen LogP contribution in [0, 0.1) is 18.8 Å². The van der Waals surface area contributed by atoms with Gasteiger partial charge in [0.05, 0.1) is 5.92 Å². The molecule has 1 aliphatic rings. The highest BCUT2D eigenvalue weighted by atomic mass is 16.5. The van der Waals surface area contributed by atoms with Crippen LogP contribution in [0.5, 0.6) is 0 Å². The maximum absolute atomic E-state index is 11.7. The van der Waals surface area contributed by atoms with E-state index >= 15 is 0 Å². The summed E-state index contributed by atoms with van der Waals surface area (Å²) in [7, 11) is 0. The van der Waals surface area contributed by atoms with Crippen LogP contribution in [-0.4, -0.2) is 23.7 Å². The number of hydrogen-bond donors (Lipinski definition) is 2. The number of amides is 1. The summed E-state index contributed by atoms with van der Waals surface area (Å²) in [6.45, 7) is 2.83. The number of nitrogens with one attached hydrogen (secondary N) is 1. The third kappa shape index (κ3) is 5.06. The first kappa shape index (κ1) is 16.3. The van der Waals surface area contributed by atoms with Crippen LogP contribution in [0.2, 0.25) is 0 Å². The van der Waals surface area contributed by atoms with Gasteiger partial charge in [0.25, 0.3) is 0 Å². The summed E-state index contributed by atoms with van der Waals surface area (Å²) in [5.41, 5.74) is 2.13. The van der Waals surface area contributed by atoms with Crippen molar-refractivity contribution in [3.05, 3.63) is 35.4 Å². The van der Waals surface area contributed by atoms with E-state index in [0.717, 1.165) is 18.4 Å². The molecule has 1 aromatic rings. The maximum atomic E-state index is 11.7. The van der Waals surface area contributed by atoms with E-state index in [4.69, 9.17) is 9.84 Å². The number of carboxylic acids is 1. The highest BCUT2D eigenvalue weighted by molar-refractivity contribution is 5.70. The number of hydrogen-bond acceptors (Lipinski definition) is 3. The molecule has 5 heteroatoms. The van der Waals surface area contributed by atoms with Gasteiger partial charge in [-0.25, -0.2) is 4.79 Å². The van der Waals surface area contributed by atoms with E-state index in [-0.39, 0.29) is 12.5 Å². The summed E-state index contributed by atoms with van der Waals surface area (Å²) in [5, 5.41) is 11.7. The third-order valence-electron chi connectivity index (χ3n) is 4.22. The predicted octanol–water partition coefficient (Wildman–Crippen LogP) is 3.11. The fourth-order valence-corrected chi connectivity index (χ4v) is 2.73. The van der Waals surface area contributed by atoms with Crippen molar-refractivity contribution in [2.75, 3.05) is 6.54 Å². The summed E-state index contributed by atoms with van der Waals surface area (Å²) in [6, 6.07) is 7.85. The van der Waals surface area contributed by atoms with Gasteiger partial charge in [-0.05, 0) is 44.1 Å². The zero-order chi connectivity index (χ0) is 15.9. The minimum atomic E-state index is -0.705. The number of benzene rings is 1. The van der Waals surface area contributed by atoms with E-state index in [1.165, 1.54) is 5.56 Å². The first-order chi connectivity index (χ1) is 10.5. The Bertz CT molecular complexity index is 504. The van der Waals surface area contributed by atoms with Crippen LogP contribution in [0.4, 0.5) is 4.79 Å². The predicted molar refractivity (Wildman–Crippen MR) is 82.5 cm³/mol. The van der Waals surface area contributed by atoms with Gasteiger partial charge in [0.15, 0.2) is 0 Å². The van der Waals surface area contributed by atoms with Gasteiger partial charge < -0.3 is 15.2 Å². The van der Waals surface area contributed by atoms with Crippen LogP contribution < -0.4 is 5.32 Å². The third-order valence-corrected chi connectivity index (χ3v) is 4.22. The van der Waals surface area contributed by atoms with Crippen LogP contribution in [-0.2, 0) is 16.1 Å². The van der Waals surface area contributed by atoms with E-state index in [1.807, 2.05) is 31.2 Å². The van der Waals surface area contributed by atoms with Gasteiger partial charge in [-0.15, -0.1) is 0 Å². The van der Waals surface area contributed by atoms with Crippen LogP contribution in [0.3, 0.4) is 0 Å². The van der Waals surface area contributed by atoms with E-state index in [9.17, 15) is 9.59 Å². The molecule has 0 unspecified atom stereocenters. The molecular weight excluding hydrogens is 282 g/mol. The SMILES string of the molecule is Cc1ccc(COC(=O)NC[C@H]2CC[C@H](C(=O)O)CC2)cc1. The second-order valence-corrected chi connectivity index (χ2v) is 6.00. The lowest BCUT2D eigenvalue weighted by molar-refractivity contribution is -0.143. The lowest BCUT2D eigenvalue weighted by Gasteiger charge is -2.25. The molecular formula is C17H23NO4. The zero-order valence-electron chi connectivity index (χ0n) is 12.9. The number of aliphatic carboxylic acids is 1. The molecule has 0 bridgehead atoms. The van der Waals surface area contributed by atoms with Gasteiger partial charge in [-0.2, -0.15) is 0 Å². The number of carbonyl (C=O) groups excluding carboxylic acids is 1. The Morgan fingerprint density at radius 3 is 2.41 bits per heavy atom. The minimum absolute atomic E-state index is 0.218. The molecule has 22 heavy (non-hydrogen) atoms. The van der Waals surface area contributed by atoms with Crippen molar-refractivity contribution in [1.82, 2.24) is 5.32 Å². The van der Waals surface area contributed by atoms with E-state index in [1.54, 1.807) is 0 Å². The molecule has 0 saturated heterocycles. The van der Waals surface area contributed by atoms with Crippen molar-refractivity contribution in [2.45, 2.75) is 39.2 Å². The lowest BCUT2D eigenvalue weighted by Crippen LogP contribution is -2.32. The van der Waals surface area contributed by atoms with Gasteiger partial charge in [-0.3, -0.25) is 4.79 Å². The molecule has 1 saturated carbocycles. The molecule has 0 spiro atoms. The Morgan fingerprint density at radius 1 is 1.18 bits per heavy atom. The van der Waals surface area contributed by atoms with Crippen molar-refractivity contribution >= 4 is 12.1 Å². The Labute approximate surface area is 130 Å². The normalized spacial score (nSPS) is 21.1. The molecule has 1 aromatic carbocycles. The van der Waals surface area contributed by atoms with Crippen LogP contribution in [0.15, 0.2) is 24.3 Å². The second kappa shape index (κ2) is 7.82. The van der Waals surface area contributed by atoms with E-state index in [2.05, 4.69) is 5.32 Å². The number of carboxylic acid groups (broad SMARTS) is 1. The van der Waals surface area contributed by atoms with Crippen LogP contribution >= 0.6 is 0 Å². The van der Waals surface area contributed by atoms with Gasteiger partial charge in [-0.1, -0.05) is 29.8 Å². The molecule has 1 fully saturated rings. The van der Waals surface area contributed by atoms with Crippen LogP contribution in [0.1, 0.15) is 36.8 Å². The van der Waals surface area contributed by atoms with Gasteiger partial charge in [0, 0.05) is 6.54 Å². The molecule has 0 heterocycles. The smallest absolute Gasteiger partial charge is 0.407 e. The maximum Gasteiger partial charge on any atom is 0.407 e. The molecule has 1 amide bonds. The summed E-state index contributed by atoms with van der Waals surface area (Å²) in [5.74, 6) is -0.573. The fraction of sp³-hybridized carbons (Fsp3) is 0.529. The van der Waals surface area contributed by atoms with Crippen molar-refractivity contribution in [3.63, 3.8) is 0 Å².